The summed E-state index contributed by atoms with van der Waals surface area (Å²) in [4.78, 5) is 14.7. The van der Waals surface area contributed by atoms with Gasteiger partial charge in [-0.15, -0.1) is 0 Å². The fourth-order valence-corrected chi connectivity index (χ4v) is 1.40. The van der Waals surface area contributed by atoms with Gasteiger partial charge in [-0.25, -0.2) is 4.68 Å². The van der Waals surface area contributed by atoms with Crippen LogP contribution >= 0.6 is 0 Å². The zero-order chi connectivity index (χ0) is 10.8. The van der Waals surface area contributed by atoms with Gasteiger partial charge in [-0.05, 0) is 18.6 Å². The van der Waals surface area contributed by atoms with Crippen molar-refractivity contribution < 1.29 is 4.79 Å². The maximum absolute atomic E-state index is 11.7. The average Bonchev–Trinajstić information content (AvgIpc) is 2.75. The molecule has 0 atom stereocenters. The highest BCUT2D eigenvalue weighted by atomic mass is 16.2. The van der Waals surface area contributed by atoms with E-state index in [-0.39, 0.29) is 5.91 Å². The molecular weight excluding hydrogens is 192 g/mol. The number of nitrogens with zero attached hydrogens (tertiary/aromatic N) is 2. The van der Waals surface area contributed by atoms with Gasteiger partial charge >= 0.3 is 0 Å². The number of carbonyl (C=O) groups is 1. The topological polar surface area (TPSA) is 76.7 Å². The van der Waals surface area contributed by atoms with Crippen molar-refractivity contribution in [3.8, 4) is 0 Å². The number of H-pyrrole nitrogens is 1. The molecule has 0 bridgehead atoms. The summed E-state index contributed by atoms with van der Waals surface area (Å²) in [6, 6.07) is 1.94. The largest absolute Gasteiger partial charge is 0.396 e. The first-order chi connectivity index (χ1) is 7.15. The molecule has 0 spiro atoms. The molecule has 0 aliphatic rings. The first kappa shape index (κ1) is 9.51. The predicted octanol–water partition coefficient (Wildman–Crippen LogP) is 0.985. The lowest BCUT2D eigenvalue weighted by atomic mass is 10.2. The van der Waals surface area contributed by atoms with Crippen molar-refractivity contribution in [2.24, 2.45) is 0 Å². The van der Waals surface area contributed by atoms with Gasteiger partial charge in [0.25, 0.3) is 5.91 Å². The molecule has 3 N–H and O–H groups in total. The molecule has 0 saturated heterocycles. The Morgan fingerprint density at radius 2 is 2.47 bits per heavy atom. The molecule has 0 aromatic carbocycles. The number of anilines is 1. The van der Waals surface area contributed by atoms with Gasteiger partial charge < -0.3 is 10.7 Å². The van der Waals surface area contributed by atoms with Gasteiger partial charge in [0, 0.05) is 11.9 Å². The lowest BCUT2D eigenvalue weighted by Gasteiger charge is -1.97. The number of nitrogens with two attached hydrogens (primary N) is 1. The van der Waals surface area contributed by atoms with Crippen LogP contribution in [0.4, 0.5) is 5.69 Å². The number of nitrogen functional groups attached to an aromatic ring is 1. The minimum absolute atomic E-state index is 0.0919. The van der Waals surface area contributed by atoms with Gasteiger partial charge in [0.15, 0.2) is 0 Å². The molecule has 0 fully saturated rings. The van der Waals surface area contributed by atoms with Crippen LogP contribution in [0.5, 0.6) is 0 Å². The van der Waals surface area contributed by atoms with Crippen molar-refractivity contribution in [3.05, 3.63) is 35.9 Å². The molecule has 0 unspecified atom stereocenters. The van der Waals surface area contributed by atoms with E-state index < -0.39 is 0 Å². The molecule has 0 amide bonds. The molecule has 5 nitrogen and oxygen atoms in total. The Bertz CT molecular complexity index is 483. The van der Waals surface area contributed by atoms with E-state index in [0.29, 0.717) is 12.1 Å². The molecule has 5 heteroatoms. The number of hydrogen-bond acceptors (Lipinski definition) is 3. The fourth-order valence-electron chi connectivity index (χ4n) is 1.40. The second kappa shape index (κ2) is 3.61. The van der Waals surface area contributed by atoms with Crippen molar-refractivity contribution in [3.63, 3.8) is 0 Å². The minimum atomic E-state index is -0.0919. The standard InChI is InChI=1S/C10H12N4O/c1-7-2-8(4-12-7)3-10(15)14-6-9(11)5-13-14/h2,4-6,12H,3,11H2,1H3. The SMILES string of the molecule is Cc1cc(CC(=O)n2cc(N)cn2)c[nH]1. The lowest BCUT2D eigenvalue weighted by Crippen LogP contribution is -2.13. The molecule has 0 radical (unpaired) electrons. The van der Waals surface area contributed by atoms with Gasteiger partial charge in [-0.3, -0.25) is 4.79 Å². The molecule has 15 heavy (non-hydrogen) atoms. The van der Waals surface area contributed by atoms with E-state index in [1.807, 2.05) is 19.2 Å². The van der Waals surface area contributed by atoms with Gasteiger partial charge in [0.2, 0.25) is 0 Å². The van der Waals surface area contributed by atoms with E-state index in [2.05, 4.69) is 10.1 Å². The summed E-state index contributed by atoms with van der Waals surface area (Å²) in [5.41, 5.74) is 7.96. The van der Waals surface area contributed by atoms with Crippen LogP contribution < -0.4 is 5.73 Å². The Morgan fingerprint density at radius 1 is 1.67 bits per heavy atom. The van der Waals surface area contributed by atoms with E-state index >= 15 is 0 Å². The van der Waals surface area contributed by atoms with E-state index in [0.717, 1.165) is 11.3 Å². The summed E-state index contributed by atoms with van der Waals surface area (Å²) < 4.78 is 1.26. The highest BCUT2D eigenvalue weighted by Gasteiger charge is 2.08. The summed E-state index contributed by atoms with van der Waals surface area (Å²) in [6.45, 7) is 1.94. The number of aromatic amines is 1. The second-order valence-corrected chi connectivity index (χ2v) is 3.48. The van der Waals surface area contributed by atoms with Crippen LogP contribution in [0.2, 0.25) is 0 Å². The fraction of sp³-hybridized carbons (Fsp3) is 0.200. The van der Waals surface area contributed by atoms with Crippen molar-refractivity contribution in [1.29, 1.82) is 0 Å². The summed E-state index contributed by atoms with van der Waals surface area (Å²) in [5.74, 6) is -0.0919. The number of aryl methyl sites for hydroxylation is 1. The molecule has 78 valence electrons. The van der Waals surface area contributed by atoms with E-state index in [4.69, 9.17) is 5.73 Å². The molecule has 0 aliphatic heterocycles. The third kappa shape index (κ3) is 2.07. The van der Waals surface area contributed by atoms with Crippen LogP contribution in [0.1, 0.15) is 16.1 Å². The third-order valence-corrected chi connectivity index (χ3v) is 2.10. The highest BCUT2D eigenvalue weighted by Crippen LogP contribution is 2.05. The van der Waals surface area contributed by atoms with E-state index in [9.17, 15) is 4.79 Å². The van der Waals surface area contributed by atoms with Crippen LogP contribution in [-0.2, 0) is 6.42 Å². The molecule has 2 heterocycles. The van der Waals surface area contributed by atoms with Gasteiger partial charge in [0.05, 0.1) is 24.5 Å². The summed E-state index contributed by atoms with van der Waals surface area (Å²) in [5, 5.41) is 3.85. The molecule has 2 aromatic rings. The molecule has 0 saturated carbocycles. The summed E-state index contributed by atoms with van der Waals surface area (Å²) in [7, 11) is 0. The molecule has 0 aliphatic carbocycles. The third-order valence-electron chi connectivity index (χ3n) is 2.10. The van der Waals surface area contributed by atoms with Gasteiger partial charge in [-0.2, -0.15) is 5.10 Å². The summed E-state index contributed by atoms with van der Waals surface area (Å²) >= 11 is 0. The Hall–Kier alpha value is -2.04. The normalized spacial score (nSPS) is 10.5. The van der Waals surface area contributed by atoms with Crippen LogP contribution in [-0.4, -0.2) is 20.7 Å². The summed E-state index contributed by atoms with van der Waals surface area (Å²) in [6.07, 6.45) is 5.12. The van der Waals surface area contributed by atoms with Crippen molar-refractivity contribution in [2.45, 2.75) is 13.3 Å². The Labute approximate surface area is 86.9 Å². The maximum Gasteiger partial charge on any atom is 0.251 e. The quantitative estimate of drug-likeness (QED) is 0.765. The Kier molecular flexibility index (Phi) is 2.29. The number of aromatic nitrogens is 3. The Balaban J connectivity index is 2.10. The van der Waals surface area contributed by atoms with Crippen LogP contribution in [0.25, 0.3) is 0 Å². The van der Waals surface area contributed by atoms with Crippen molar-refractivity contribution in [2.75, 3.05) is 5.73 Å². The number of rotatable bonds is 2. The zero-order valence-electron chi connectivity index (χ0n) is 8.40. The van der Waals surface area contributed by atoms with Gasteiger partial charge in [0.1, 0.15) is 0 Å². The molecule has 2 aromatic heterocycles. The van der Waals surface area contributed by atoms with Crippen LogP contribution in [0, 0.1) is 6.92 Å². The first-order valence-corrected chi connectivity index (χ1v) is 4.62. The average molecular weight is 204 g/mol. The van der Waals surface area contributed by atoms with Crippen molar-refractivity contribution in [1.82, 2.24) is 14.8 Å². The zero-order valence-corrected chi connectivity index (χ0v) is 8.40. The monoisotopic (exact) mass is 204 g/mol. The lowest BCUT2D eigenvalue weighted by molar-refractivity contribution is 0.0898. The Morgan fingerprint density at radius 3 is 3.00 bits per heavy atom. The molecular formula is C10H12N4O. The second-order valence-electron chi connectivity index (χ2n) is 3.48. The van der Waals surface area contributed by atoms with E-state index in [1.165, 1.54) is 17.1 Å². The number of hydrogen-bond donors (Lipinski definition) is 2. The van der Waals surface area contributed by atoms with Crippen LogP contribution in [0.3, 0.4) is 0 Å². The maximum atomic E-state index is 11.7. The number of nitrogens with one attached hydrogen (secondary N) is 1. The first-order valence-electron chi connectivity index (χ1n) is 4.62. The minimum Gasteiger partial charge on any atom is -0.396 e. The van der Waals surface area contributed by atoms with Crippen LogP contribution in [0.15, 0.2) is 24.7 Å². The molecule has 2 rings (SSSR count). The van der Waals surface area contributed by atoms with Gasteiger partial charge in [-0.1, -0.05) is 0 Å². The van der Waals surface area contributed by atoms with E-state index in [1.54, 1.807) is 0 Å². The van der Waals surface area contributed by atoms with Crippen molar-refractivity contribution >= 4 is 11.6 Å². The number of carbonyl (C=O) groups excluding carboxylic acids is 1. The predicted molar refractivity (Wildman–Crippen MR) is 56.5 cm³/mol. The highest BCUT2D eigenvalue weighted by molar-refractivity contribution is 5.80. The smallest absolute Gasteiger partial charge is 0.251 e.